The maximum Gasteiger partial charge on any atom is 0.270 e. The second-order valence-electron chi connectivity index (χ2n) is 4.54. The van der Waals surface area contributed by atoms with Crippen molar-refractivity contribution in [2.24, 2.45) is 5.73 Å². The number of nitrogens with zero attached hydrogens (tertiary/aromatic N) is 1. The van der Waals surface area contributed by atoms with Gasteiger partial charge in [0, 0.05) is 23.5 Å². The van der Waals surface area contributed by atoms with Gasteiger partial charge in [-0.05, 0) is 19.4 Å². The Morgan fingerprint density at radius 2 is 2.19 bits per heavy atom. The summed E-state index contributed by atoms with van der Waals surface area (Å²) < 4.78 is 0. The summed E-state index contributed by atoms with van der Waals surface area (Å²) in [5.41, 5.74) is 6.89. The van der Waals surface area contributed by atoms with Gasteiger partial charge in [0.2, 0.25) is 0 Å². The normalized spacial score (nSPS) is 11.6. The zero-order chi connectivity index (χ0) is 14.5. The molecule has 0 fully saturated rings. The zero-order valence-electron chi connectivity index (χ0n) is 11.5. The van der Waals surface area contributed by atoms with Crippen molar-refractivity contribution in [3.8, 4) is 10.6 Å². The molecular formula is C14H17Cl2N3OS. The summed E-state index contributed by atoms with van der Waals surface area (Å²) in [7, 11) is 0. The van der Waals surface area contributed by atoms with Crippen LogP contribution in [-0.2, 0) is 0 Å². The maximum absolute atomic E-state index is 11.9. The molecule has 4 nitrogen and oxygen atoms in total. The Balaban J connectivity index is 0.00000220. The van der Waals surface area contributed by atoms with E-state index in [1.165, 1.54) is 11.3 Å². The Hall–Kier alpha value is -1.14. The molecule has 1 amide bonds. The molecule has 1 aromatic carbocycles. The lowest BCUT2D eigenvalue weighted by Gasteiger charge is -2.05. The van der Waals surface area contributed by atoms with Crippen molar-refractivity contribution in [2.75, 3.05) is 6.54 Å². The number of carbonyl (C=O) groups excluding carboxylic acids is 1. The second-order valence-corrected chi connectivity index (χ2v) is 5.80. The van der Waals surface area contributed by atoms with Gasteiger partial charge >= 0.3 is 0 Å². The summed E-state index contributed by atoms with van der Waals surface area (Å²) in [6.07, 6.45) is 0.743. The molecule has 0 saturated heterocycles. The Bertz CT molecular complexity index is 601. The average Bonchev–Trinajstić information content (AvgIpc) is 2.88. The smallest absolute Gasteiger partial charge is 0.270 e. The minimum absolute atomic E-state index is 0. The van der Waals surface area contributed by atoms with Crippen molar-refractivity contribution in [3.05, 3.63) is 40.4 Å². The van der Waals surface area contributed by atoms with Crippen LogP contribution in [0.3, 0.4) is 0 Å². The Morgan fingerprint density at radius 3 is 2.86 bits per heavy atom. The van der Waals surface area contributed by atoms with Gasteiger partial charge in [0.1, 0.15) is 10.7 Å². The van der Waals surface area contributed by atoms with Gasteiger partial charge in [0.15, 0.2) is 0 Å². The Kier molecular flexibility index (Phi) is 7.11. The molecule has 0 aliphatic carbocycles. The maximum atomic E-state index is 11.9. The third-order valence-electron chi connectivity index (χ3n) is 2.73. The minimum Gasteiger partial charge on any atom is -0.351 e. The van der Waals surface area contributed by atoms with Gasteiger partial charge in [-0.2, -0.15) is 0 Å². The molecule has 1 unspecified atom stereocenters. The summed E-state index contributed by atoms with van der Waals surface area (Å²) in [6, 6.07) is 7.52. The molecule has 1 aromatic heterocycles. The molecule has 0 radical (unpaired) electrons. The van der Waals surface area contributed by atoms with Gasteiger partial charge in [0.25, 0.3) is 5.91 Å². The third kappa shape index (κ3) is 4.97. The van der Waals surface area contributed by atoms with E-state index < -0.39 is 0 Å². The van der Waals surface area contributed by atoms with Crippen LogP contribution in [-0.4, -0.2) is 23.5 Å². The van der Waals surface area contributed by atoms with Crippen molar-refractivity contribution < 1.29 is 4.79 Å². The number of amides is 1. The number of halogens is 2. The molecule has 2 aromatic rings. The molecule has 1 heterocycles. The number of thiazole rings is 1. The number of hydrogen-bond acceptors (Lipinski definition) is 4. The van der Waals surface area contributed by atoms with Gasteiger partial charge in [-0.1, -0.05) is 29.8 Å². The monoisotopic (exact) mass is 345 g/mol. The first-order chi connectivity index (χ1) is 9.58. The Labute approximate surface area is 139 Å². The number of carbonyl (C=O) groups is 1. The summed E-state index contributed by atoms with van der Waals surface area (Å²) in [6.45, 7) is 2.46. The summed E-state index contributed by atoms with van der Waals surface area (Å²) in [4.78, 5) is 16.2. The van der Waals surface area contributed by atoms with Gasteiger partial charge in [0.05, 0.1) is 5.02 Å². The molecule has 0 aliphatic heterocycles. The lowest BCUT2D eigenvalue weighted by molar-refractivity contribution is 0.0948. The van der Waals surface area contributed by atoms with Crippen LogP contribution < -0.4 is 11.1 Å². The average molecular weight is 346 g/mol. The largest absolute Gasteiger partial charge is 0.351 e. The lowest BCUT2D eigenvalue weighted by atomic mass is 10.2. The fourth-order valence-electron chi connectivity index (χ4n) is 1.64. The number of nitrogens with two attached hydrogens (primary N) is 1. The van der Waals surface area contributed by atoms with Gasteiger partial charge in [-0.15, -0.1) is 23.7 Å². The quantitative estimate of drug-likeness (QED) is 0.872. The van der Waals surface area contributed by atoms with Crippen LogP contribution in [0.4, 0.5) is 0 Å². The van der Waals surface area contributed by atoms with Crippen LogP contribution in [0.1, 0.15) is 23.8 Å². The Morgan fingerprint density at radius 1 is 1.48 bits per heavy atom. The zero-order valence-corrected chi connectivity index (χ0v) is 13.9. The first-order valence-corrected chi connectivity index (χ1v) is 7.58. The molecule has 0 saturated carbocycles. The van der Waals surface area contributed by atoms with Crippen LogP contribution in [0.5, 0.6) is 0 Å². The van der Waals surface area contributed by atoms with E-state index in [9.17, 15) is 4.79 Å². The van der Waals surface area contributed by atoms with Crippen molar-refractivity contribution in [3.63, 3.8) is 0 Å². The molecule has 0 aliphatic rings. The summed E-state index contributed by atoms with van der Waals surface area (Å²) in [5, 5.41) is 5.91. The highest BCUT2D eigenvalue weighted by Gasteiger charge is 2.13. The van der Waals surface area contributed by atoms with Crippen LogP contribution >= 0.6 is 35.3 Å². The van der Waals surface area contributed by atoms with E-state index in [-0.39, 0.29) is 24.4 Å². The van der Waals surface area contributed by atoms with Crippen molar-refractivity contribution in [2.45, 2.75) is 19.4 Å². The fourth-order valence-corrected chi connectivity index (χ4v) is 2.76. The molecule has 2 rings (SSSR count). The molecular weight excluding hydrogens is 329 g/mol. The van der Waals surface area contributed by atoms with Crippen molar-refractivity contribution in [1.29, 1.82) is 0 Å². The predicted octanol–water partition coefficient (Wildman–Crippen LogP) is 3.35. The van der Waals surface area contributed by atoms with Crippen molar-refractivity contribution in [1.82, 2.24) is 10.3 Å². The van der Waals surface area contributed by atoms with Crippen LogP contribution in [0.15, 0.2) is 29.6 Å². The number of aromatic nitrogens is 1. The van der Waals surface area contributed by atoms with Gasteiger partial charge < -0.3 is 11.1 Å². The highest BCUT2D eigenvalue weighted by molar-refractivity contribution is 7.13. The molecule has 1 atom stereocenters. The van der Waals surface area contributed by atoms with Crippen LogP contribution in [0, 0.1) is 0 Å². The van der Waals surface area contributed by atoms with E-state index in [2.05, 4.69) is 10.3 Å². The SMILES string of the molecule is CC(N)CCNC(=O)c1csc(-c2ccccc2Cl)n1.Cl. The number of nitrogens with one attached hydrogen (secondary N) is 1. The first-order valence-electron chi connectivity index (χ1n) is 6.32. The second kappa shape index (κ2) is 8.34. The molecule has 3 N–H and O–H groups in total. The predicted molar refractivity (Wildman–Crippen MR) is 90.4 cm³/mol. The first kappa shape index (κ1) is 17.9. The van der Waals surface area contributed by atoms with Crippen LogP contribution in [0.2, 0.25) is 5.02 Å². The van der Waals surface area contributed by atoms with Crippen LogP contribution in [0.25, 0.3) is 10.6 Å². The highest BCUT2D eigenvalue weighted by Crippen LogP contribution is 2.29. The molecule has 0 spiro atoms. The fraction of sp³-hybridized carbons (Fsp3) is 0.286. The van der Waals surface area contributed by atoms with Gasteiger partial charge in [-0.3, -0.25) is 4.79 Å². The minimum atomic E-state index is -0.180. The summed E-state index contributed by atoms with van der Waals surface area (Å²) in [5.74, 6) is -0.180. The topological polar surface area (TPSA) is 68.0 Å². The van der Waals surface area contributed by atoms with E-state index in [0.717, 1.165) is 17.0 Å². The summed E-state index contributed by atoms with van der Waals surface area (Å²) >= 11 is 7.52. The number of hydrogen-bond donors (Lipinski definition) is 2. The van der Waals surface area contributed by atoms with E-state index in [4.69, 9.17) is 17.3 Å². The number of benzene rings is 1. The van der Waals surface area contributed by atoms with E-state index in [0.29, 0.717) is 17.3 Å². The van der Waals surface area contributed by atoms with E-state index >= 15 is 0 Å². The lowest BCUT2D eigenvalue weighted by Crippen LogP contribution is -2.29. The van der Waals surface area contributed by atoms with E-state index in [1.54, 1.807) is 11.4 Å². The number of rotatable bonds is 5. The van der Waals surface area contributed by atoms with Gasteiger partial charge in [-0.25, -0.2) is 4.98 Å². The standard InChI is InChI=1S/C14H16ClN3OS.ClH/c1-9(16)6-7-17-13(19)12-8-20-14(18-12)10-4-2-3-5-11(10)15;/h2-5,8-9H,6-7,16H2,1H3,(H,17,19);1H. The molecule has 114 valence electrons. The van der Waals surface area contributed by atoms with E-state index in [1.807, 2.05) is 25.1 Å². The molecule has 21 heavy (non-hydrogen) atoms. The van der Waals surface area contributed by atoms with Crippen molar-refractivity contribution >= 4 is 41.3 Å². The third-order valence-corrected chi connectivity index (χ3v) is 3.93. The molecule has 0 bridgehead atoms. The highest BCUT2D eigenvalue weighted by atomic mass is 35.5. The molecule has 7 heteroatoms.